The molecule has 14 heavy (non-hydrogen) atoms. The molecule has 1 unspecified atom stereocenters. The molecule has 2 nitrogen and oxygen atoms in total. The molecule has 1 aliphatic heterocycles. The second-order valence-electron chi connectivity index (χ2n) is 5.02. The fourth-order valence-electron chi connectivity index (χ4n) is 2.45. The van der Waals surface area contributed by atoms with Crippen molar-refractivity contribution in [1.82, 2.24) is 5.32 Å². The Kier molecular flexibility index (Phi) is 3.45. The molecule has 1 saturated heterocycles. The third kappa shape index (κ3) is 2.71. The molecule has 1 aliphatic carbocycles. The van der Waals surface area contributed by atoms with Crippen LogP contribution in [0, 0.1) is 5.41 Å². The molecule has 0 spiro atoms. The summed E-state index contributed by atoms with van der Waals surface area (Å²) in [7, 11) is 0. The van der Waals surface area contributed by atoms with Crippen LogP contribution in [-0.4, -0.2) is 25.8 Å². The minimum Gasteiger partial charge on any atom is -0.378 e. The molecule has 1 saturated carbocycles. The van der Waals surface area contributed by atoms with Crippen molar-refractivity contribution in [1.29, 1.82) is 0 Å². The van der Waals surface area contributed by atoms with Gasteiger partial charge in [0.05, 0.1) is 6.10 Å². The van der Waals surface area contributed by atoms with Gasteiger partial charge in [-0.15, -0.1) is 0 Å². The number of nitrogens with one attached hydrogen (secondary N) is 1. The Morgan fingerprint density at radius 2 is 2.29 bits per heavy atom. The van der Waals surface area contributed by atoms with Gasteiger partial charge in [-0.3, -0.25) is 0 Å². The summed E-state index contributed by atoms with van der Waals surface area (Å²) in [5.41, 5.74) is 0.629. The normalized spacial score (nSPS) is 29.4. The van der Waals surface area contributed by atoms with Crippen molar-refractivity contribution < 1.29 is 4.74 Å². The Balaban J connectivity index is 1.67. The first kappa shape index (κ1) is 10.4. The first-order valence-electron chi connectivity index (χ1n) is 6.17. The van der Waals surface area contributed by atoms with E-state index in [0.29, 0.717) is 11.5 Å². The number of hydrogen-bond donors (Lipinski definition) is 1. The van der Waals surface area contributed by atoms with Gasteiger partial charge in [0.1, 0.15) is 0 Å². The van der Waals surface area contributed by atoms with Crippen LogP contribution in [0.4, 0.5) is 0 Å². The lowest BCUT2D eigenvalue weighted by Crippen LogP contribution is -2.27. The van der Waals surface area contributed by atoms with Crippen LogP contribution in [0.25, 0.3) is 0 Å². The van der Waals surface area contributed by atoms with Gasteiger partial charge in [0, 0.05) is 13.2 Å². The first-order chi connectivity index (χ1) is 6.85. The van der Waals surface area contributed by atoms with Crippen LogP contribution in [0.3, 0.4) is 0 Å². The van der Waals surface area contributed by atoms with Gasteiger partial charge in [0.25, 0.3) is 0 Å². The van der Waals surface area contributed by atoms with E-state index in [2.05, 4.69) is 12.2 Å². The van der Waals surface area contributed by atoms with Crippen LogP contribution in [0.5, 0.6) is 0 Å². The zero-order valence-corrected chi connectivity index (χ0v) is 9.35. The summed E-state index contributed by atoms with van der Waals surface area (Å²) in [6.07, 6.45) is 8.56. The van der Waals surface area contributed by atoms with Crippen molar-refractivity contribution in [3.05, 3.63) is 0 Å². The molecule has 1 heterocycles. The highest BCUT2D eigenvalue weighted by atomic mass is 16.5. The fourth-order valence-corrected chi connectivity index (χ4v) is 2.45. The molecule has 0 aromatic rings. The van der Waals surface area contributed by atoms with Crippen molar-refractivity contribution in [2.24, 2.45) is 5.41 Å². The highest BCUT2D eigenvalue weighted by Gasteiger charge is 2.44. The molecule has 0 aromatic carbocycles. The topological polar surface area (TPSA) is 21.3 Å². The van der Waals surface area contributed by atoms with Crippen LogP contribution < -0.4 is 5.32 Å². The van der Waals surface area contributed by atoms with Crippen LogP contribution in [0.2, 0.25) is 0 Å². The zero-order valence-electron chi connectivity index (χ0n) is 9.35. The Hall–Kier alpha value is -0.0800. The third-order valence-electron chi connectivity index (χ3n) is 3.57. The Morgan fingerprint density at radius 3 is 2.86 bits per heavy atom. The van der Waals surface area contributed by atoms with Crippen molar-refractivity contribution in [2.75, 3.05) is 19.7 Å². The summed E-state index contributed by atoms with van der Waals surface area (Å²) in [6, 6.07) is 0. The van der Waals surface area contributed by atoms with Gasteiger partial charge in [0.2, 0.25) is 0 Å². The molecule has 0 radical (unpaired) electrons. The predicted octanol–water partition coefficient (Wildman–Crippen LogP) is 2.34. The minimum atomic E-state index is 0.584. The van der Waals surface area contributed by atoms with Crippen molar-refractivity contribution >= 4 is 0 Å². The maximum Gasteiger partial charge on any atom is 0.0581 e. The van der Waals surface area contributed by atoms with Crippen molar-refractivity contribution in [2.45, 2.75) is 51.6 Å². The SMILES string of the molecule is CCCNCC1(CC2CCCO2)CC1. The minimum absolute atomic E-state index is 0.584. The van der Waals surface area contributed by atoms with Gasteiger partial charge < -0.3 is 10.1 Å². The van der Waals surface area contributed by atoms with E-state index in [1.165, 1.54) is 51.6 Å². The fraction of sp³-hybridized carbons (Fsp3) is 1.00. The molecule has 0 amide bonds. The lowest BCUT2D eigenvalue weighted by Gasteiger charge is -2.19. The molecule has 0 aromatic heterocycles. The van der Waals surface area contributed by atoms with E-state index in [9.17, 15) is 0 Å². The molecule has 1 N–H and O–H groups in total. The summed E-state index contributed by atoms with van der Waals surface area (Å²) in [5.74, 6) is 0. The quantitative estimate of drug-likeness (QED) is 0.660. The third-order valence-corrected chi connectivity index (χ3v) is 3.57. The van der Waals surface area contributed by atoms with Gasteiger partial charge >= 0.3 is 0 Å². The first-order valence-corrected chi connectivity index (χ1v) is 6.17. The average Bonchev–Trinajstić information content (AvgIpc) is 2.75. The molecule has 82 valence electrons. The molecular weight excluding hydrogens is 174 g/mol. The smallest absolute Gasteiger partial charge is 0.0581 e. The lowest BCUT2D eigenvalue weighted by atomic mass is 9.97. The standard InChI is InChI=1S/C12H23NO/c1-2-7-13-10-12(5-6-12)9-11-4-3-8-14-11/h11,13H,2-10H2,1H3. The second-order valence-corrected chi connectivity index (χ2v) is 5.02. The van der Waals surface area contributed by atoms with Crippen LogP contribution in [0.15, 0.2) is 0 Å². The van der Waals surface area contributed by atoms with Gasteiger partial charge in [-0.25, -0.2) is 0 Å². The monoisotopic (exact) mass is 197 g/mol. The van der Waals surface area contributed by atoms with E-state index in [-0.39, 0.29) is 0 Å². The van der Waals surface area contributed by atoms with Crippen LogP contribution >= 0.6 is 0 Å². The summed E-state index contributed by atoms with van der Waals surface area (Å²) in [6.45, 7) is 5.63. The highest BCUT2D eigenvalue weighted by molar-refractivity contribution is 4.97. The van der Waals surface area contributed by atoms with E-state index in [1.807, 2.05) is 0 Å². The average molecular weight is 197 g/mol. The van der Waals surface area contributed by atoms with E-state index >= 15 is 0 Å². The maximum absolute atomic E-state index is 5.71. The molecule has 2 fully saturated rings. The Bertz CT molecular complexity index is 171. The summed E-state index contributed by atoms with van der Waals surface area (Å²) in [5, 5.41) is 3.56. The number of rotatable bonds is 6. The van der Waals surface area contributed by atoms with E-state index in [4.69, 9.17) is 4.74 Å². The van der Waals surface area contributed by atoms with E-state index < -0.39 is 0 Å². The molecular formula is C12H23NO. The highest BCUT2D eigenvalue weighted by Crippen LogP contribution is 2.50. The van der Waals surface area contributed by atoms with Crippen molar-refractivity contribution in [3.8, 4) is 0 Å². The summed E-state index contributed by atoms with van der Waals surface area (Å²) < 4.78 is 5.71. The van der Waals surface area contributed by atoms with Gasteiger partial charge in [-0.2, -0.15) is 0 Å². The summed E-state index contributed by atoms with van der Waals surface area (Å²) >= 11 is 0. The summed E-state index contributed by atoms with van der Waals surface area (Å²) in [4.78, 5) is 0. The molecule has 1 atom stereocenters. The number of ether oxygens (including phenoxy) is 1. The Morgan fingerprint density at radius 1 is 1.43 bits per heavy atom. The molecule has 2 aliphatic rings. The van der Waals surface area contributed by atoms with Gasteiger partial charge in [-0.05, 0) is 50.5 Å². The second kappa shape index (κ2) is 4.63. The molecule has 2 heteroatoms. The predicted molar refractivity (Wildman–Crippen MR) is 58.4 cm³/mol. The maximum atomic E-state index is 5.71. The lowest BCUT2D eigenvalue weighted by molar-refractivity contribution is 0.0852. The van der Waals surface area contributed by atoms with Gasteiger partial charge in [-0.1, -0.05) is 6.92 Å². The zero-order chi connectivity index (χ0) is 9.86. The largest absolute Gasteiger partial charge is 0.378 e. The van der Waals surface area contributed by atoms with Crippen LogP contribution in [0.1, 0.15) is 45.4 Å². The van der Waals surface area contributed by atoms with Crippen LogP contribution in [-0.2, 0) is 4.74 Å². The Labute approximate surface area is 87.4 Å². The van der Waals surface area contributed by atoms with Gasteiger partial charge in [0.15, 0.2) is 0 Å². The van der Waals surface area contributed by atoms with E-state index in [1.54, 1.807) is 0 Å². The molecule has 2 rings (SSSR count). The number of hydrogen-bond acceptors (Lipinski definition) is 2. The van der Waals surface area contributed by atoms with Crippen molar-refractivity contribution in [3.63, 3.8) is 0 Å². The van der Waals surface area contributed by atoms with E-state index in [0.717, 1.165) is 6.61 Å². The molecule has 0 bridgehead atoms.